The van der Waals surface area contributed by atoms with E-state index in [1.165, 1.54) is 30.5 Å². The number of anilines is 1. The van der Waals surface area contributed by atoms with E-state index in [-0.39, 0.29) is 23.1 Å². The second kappa shape index (κ2) is 7.92. The van der Waals surface area contributed by atoms with E-state index in [0.717, 1.165) is 0 Å². The number of benzene rings is 2. The van der Waals surface area contributed by atoms with Crippen molar-refractivity contribution in [2.45, 2.75) is 0 Å². The predicted molar refractivity (Wildman–Crippen MR) is 99.6 cm³/mol. The number of rotatable bonds is 6. The number of ketones is 1. The molecule has 0 aliphatic heterocycles. The highest BCUT2D eigenvalue weighted by molar-refractivity contribution is 6.07. The molecule has 0 atom stereocenters. The molecular weight excluding hydrogens is 348 g/mol. The van der Waals surface area contributed by atoms with Gasteiger partial charge in [-0.1, -0.05) is 18.2 Å². The summed E-state index contributed by atoms with van der Waals surface area (Å²) in [6.07, 6.45) is 4.27. The zero-order chi connectivity index (χ0) is 19.2. The second-order valence-corrected chi connectivity index (χ2v) is 5.56. The smallest absolute Gasteiger partial charge is 0.291 e. The van der Waals surface area contributed by atoms with Crippen LogP contribution in [0.1, 0.15) is 26.5 Å². The molecule has 0 aliphatic rings. The maximum atomic E-state index is 12.2. The molecule has 0 spiro atoms. The first-order chi connectivity index (χ1) is 13.0. The van der Waals surface area contributed by atoms with Crippen LogP contribution in [0.15, 0.2) is 77.4 Å². The van der Waals surface area contributed by atoms with Crippen LogP contribution >= 0.6 is 0 Å². The van der Waals surface area contributed by atoms with Crippen molar-refractivity contribution in [3.05, 3.63) is 100 Å². The number of non-ortho nitro benzene ring substituents is 1. The van der Waals surface area contributed by atoms with Crippen molar-refractivity contribution in [3.8, 4) is 0 Å². The van der Waals surface area contributed by atoms with Gasteiger partial charge in [-0.2, -0.15) is 0 Å². The van der Waals surface area contributed by atoms with E-state index in [1.807, 2.05) is 0 Å². The lowest BCUT2D eigenvalue weighted by atomic mass is 10.1. The van der Waals surface area contributed by atoms with Crippen LogP contribution in [0.4, 0.5) is 11.4 Å². The molecular formula is C20H14N2O5. The number of nitro benzene ring substituents is 1. The Kier molecular flexibility index (Phi) is 5.22. The minimum Gasteiger partial charge on any atom is -0.459 e. The summed E-state index contributed by atoms with van der Waals surface area (Å²) >= 11 is 0. The number of nitrogens with one attached hydrogen (secondary N) is 1. The summed E-state index contributed by atoms with van der Waals surface area (Å²) in [6, 6.07) is 15.5. The molecule has 2 aromatic carbocycles. The van der Waals surface area contributed by atoms with Crippen molar-refractivity contribution in [2.75, 3.05) is 5.32 Å². The summed E-state index contributed by atoms with van der Waals surface area (Å²) in [5.74, 6) is -0.454. The Morgan fingerprint density at radius 2 is 1.81 bits per heavy atom. The van der Waals surface area contributed by atoms with Crippen LogP contribution in [0.3, 0.4) is 0 Å². The maximum Gasteiger partial charge on any atom is 0.291 e. The molecule has 0 saturated carbocycles. The molecule has 1 N–H and O–H groups in total. The number of hydrogen-bond acceptors (Lipinski definition) is 5. The normalized spacial score (nSPS) is 10.7. The van der Waals surface area contributed by atoms with Gasteiger partial charge in [0.25, 0.3) is 11.6 Å². The van der Waals surface area contributed by atoms with Gasteiger partial charge in [-0.05, 0) is 48.0 Å². The summed E-state index contributed by atoms with van der Waals surface area (Å²) < 4.78 is 5.01. The van der Waals surface area contributed by atoms with Crippen molar-refractivity contribution in [2.24, 2.45) is 0 Å². The minimum atomic E-state index is -0.491. The molecule has 0 aliphatic carbocycles. The highest BCUT2D eigenvalue weighted by atomic mass is 16.6. The van der Waals surface area contributed by atoms with Gasteiger partial charge in [0.1, 0.15) is 0 Å². The van der Waals surface area contributed by atoms with E-state index in [2.05, 4.69) is 5.32 Å². The number of nitrogens with zero attached hydrogens (tertiary/aromatic N) is 1. The number of hydrogen-bond donors (Lipinski definition) is 1. The number of furan rings is 1. The Labute approximate surface area is 154 Å². The Bertz CT molecular complexity index is 1010. The average Bonchev–Trinajstić information content (AvgIpc) is 3.22. The van der Waals surface area contributed by atoms with Crippen molar-refractivity contribution in [1.29, 1.82) is 0 Å². The lowest BCUT2D eigenvalue weighted by Crippen LogP contribution is -2.10. The highest BCUT2D eigenvalue weighted by Gasteiger charge is 2.09. The molecule has 7 nitrogen and oxygen atoms in total. The van der Waals surface area contributed by atoms with Gasteiger partial charge in [0.2, 0.25) is 0 Å². The zero-order valence-electron chi connectivity index (χ0n) is 14.0. The first kappa shape index (κ1) is 17.8. The molecule has 27 heavy (non-hydrogen) atoms. The Morgan fingerprint density at radius 1 is 1.04 bits per heavy atom. The van der Waals surface area contributed by atoms with Crippen LogP contribution in [0.2, 0.25) is 0 Å². The van der Waals surface area contributed by atoms with Gasteiger partial charge < -0.3 is 9.73 Å². The van der Waals surface area contributed by atoms with Crippen LogP contribution in [0.25, 0.3) is 6.08 Å². The number of carbonyl (C=O) groups excluding carboxylic acids is 2. The van der Waals surface area contributed by atoms with Gasteiger partial charge in [-0.25, -0.2) is 0 Å². The lowest BCUT2D eigenvalue weighted by molar-refractivity contribution is -0.384. The molecule has 0 bridgehead atoms. The summed E-state index contributed by atoms with van der Waals surface area (Å²) in [4.78, 5) is 34.4. The monoisotopic (exact) mass is 362 g/mol. The quantitative estimate of drug-likeness (QED) is 0.304. The van der Waals surface area contributed by atoms with Gasteiger partial charge in [-0.3, -0.25) is 19.7 Å². The van der Waals surface area contributed by atoms with Crippen LogP contribution in [0, 0.1) is 10.1 Å². The van der Waals surface area contributed by atoms with Gasteiger partial charge in [-0.15, -0.1) is 0 Å². The number of allylic oxidation sites excluding steroid dienone is 1. The van der Waals surface area contributed by atoms with Gasteiger partial charge in [0.05, 0.1) is 11.2 Å². The molecule has 0 saturated heterocycles. The molecule has 0 unspecified atom stereocenters. The Balaban J connectivity index is 1.66. The molecule has 1 amide bonds. The second-order valence-electron chi connectivity index (χ2n) is 5.56. The Hall–Kier alpha value is -4.00. The van der Waals surface area contributed by atoms with E-state index in [0.29, 0.717) is 16.8 Å². The number of carbonyl (C=O) groups is 2. The highest BCUT2D eigenvalue weighted by Crippen LogP contribution is 2.16. The van der Waals surface area contributed by atoms with Crippen molar-refractivity contribution in [3.63, 3.8) is 0 Å². The van der Waals surface area contributed by atoms with Crippen LogP contribution < -0.4 is 5.32 Å². The first-order valence-electron chi connectivity index (χ1n) is 7.95. The molecule has 0 radical (unpaired) electrons. The molecule has 3 rings (SSSR count). The predicted octanol–water partition coefficient (Wildman–Crippen LogP) is 4.34. The third-order valence-corrected chi connectivity index (χ3v) is 3.68. The molecule has 1 heterocycles. The zero-order valence-corrected chi connectivity index (χ0v) is 14.0. The number of amides is 1. The molecule has 1 aromatic heterocycles. The van der Waals surface area contributed by atoms with Gasteiger partial charge in [0, 0.05) is 23.4 Å². The first-order valence-corrected chi connectivity index (χ1v) is 7.95. The topological polar surface area (TPSA) is 102 Å². The third-order valence-electron chi connectivity index (χ3n) is 3.68. The molecule has 3 aromatic rings. The van der Waals surface area contributed by atoms with Gasteiger partial charge in [0.15, 0.2) is 11.5 Å². The average molecular weight is 362 g/mol. The molecule has 134 valence electrons. The van der Waals surface area contributed by atoms with Crippen molar-refractivity contribution < 1.29 is 18.9 Å². The SMILES string of the molecule is O=C(/C=C/c1cccc([N+](=O)[O-])c1)c1ccc(NC(=O)c2ccco2)cc1. The fourth-order valence-corrected chi connectivity index (χ4v) is 2.33. The Morgan fingerprint density at radius 3 is 2.48 bits per heavy atom. The van der Waals surface area contributed by atoms with Crippen molar-refractivity contribution >= 4 is 29.1 Å². The fourth-order valence-electron chi connectivity index (χ4n) is 2.33. The maximum absolute atomic E-state index is 12.2. The van der Waals surface area contributed by atoms with Gasteiger partial charge >= 0.3 is 0 Å². The van der Waals surface area contributed by atoms with E-state index >= 15 is 0 Å². The standard InChI is InChI=1S/C20H14N2O5/c23-18(11-6-14-3-1-4-17(13-14)22(25)26)15-7-9-16(10-8-15)21-20(24)19-5-2-12-27-19/h1-13H,(H,21,24)/b11-6+. The minimum absolute atomic E-state index is 0.0405. The third kappa shape index (κ3) is 4.55. The molecule has 7 heteroatoms. The summed E-state index contributed by atoms with van der Waals surface area (Å²) in [6.45, 7) is 0. The summed E-state index contributed by atoms with van der Waals surface area (Å²) in [7, 11) is 0. The molecule has 0 fully saturated rings. The van der Waals surface area contributed by atoms with Crippen LogP contribution in [0.5, 0.6) is 0 Å². The van der Waals surface area contributed by atoms with E-state index in [9.17, 15) is 19.7 Å². The van der Waals surface area contributed by atoms with Crippen molar-refractivity contribution in [1.82, 2.24) is 0 Å². The summed E-state index contributed by atoms with van der Waals surface area (Å²) in [5, 5.41) is 13.4. The van der Waals surface area contributed by atoms with E-state index in [4.69, 9.17) is 4.42 Å². The largest absolute Gasteiger partial charge is 0.459 e. The van der Waals surface area contributed by atoms with E-state index < -0.39 is 4.92 Å². The number of nitro groups is 1. The van der Waals surface area contributed by atoms with Crippen LogP contribution in [-0.2, 0) is 0 Å². The van der Waals surface area contributed by atoms with Crippen LogP contribution in [-0.4, -0.2) is 16.6 Å². The lowest BCUT2D eigenvalue weighted by Gasteiger charge is -2.04. The fraction of sp³-hybridized carbons (Fsp3) is 0. The summed E-state index contributed by atoms with van der Waals surface area (Å²) in [5.41, 5.74) is 1.46. The van der Waals surface area contributed by atoms with E-state index in [1.54, 1.807) is 48.5 Å².